The molecular weight excluding hydrogens is 494 g/mol. The largest absolute Gasteiger partial charge is 0.385 e. The third-order valence-corrected chi connectivity index (χ3v) is 7.22. The van der Waals surface area contributed by atoms with Gasteiger partial charge in [-0.1, -0.05) is 97.1 Å². The Morgan fingerprint density at radius 2 is 1.30 bits per heavy atom. The molecular formula is C35H35N3O2. The number of carbonyl (C=O) groups excluding carboxylic acids is 2. The summed E-state index contributed by atoms with van der Waals surface area (Å²) in [5.41, 5.74) is 6.30. The Bertz CT molecular complexity index is 1420. The minimum atomic E-state index is -0.424. The number of hydrogen-bond donors (Lipinski definition) is 2. The maximum atomic E-state index is 13.0. The number of rotatable bonds is 10. The van der Waals surface area contributed by atoms with Crippen LogP contribution in [0.15, 0.2) is 109 Å². The van der Waals surface area contributed by atoms with Gasteiger partial charge in [-0.05, 0) is 65.8 Å². The molecule has 0 aromatic heterocycles. The molecule has 0 unspecified atom stereocenters. The first kappa shape index (κ1) is 26.9. The summed E-state index contributed by atoms with van der Waals surface area (Å²) in [6, 6.07) is 35.9. The van der Waals surface area contributed by atoms with Crippen molar-refractivity contribution in [2.24, 2.45) is 0 Å². The minimum absolute atomic E-state index is 0.000309. The molecule has 40 heavy (non-hydrogen) atoms. The molecule has 0 saturated carbocycles. The number of benzene rings is 4. The monoisotopic (exact) mass is 529 g/mol. The predicted molar refractivity (Wildman–Crippen MR) is 164 cm³/mol. The van der Waals surface area contributed by atoms with Gasteiger partial charge < -0.3 is 15.5 Å². The summed E-state index contributed by atoms with van der Waals surface area (Å²) in [4.78, 5) is 27.6. The average molecular weight is 530 g/mol. The molecule has 4 aromatic carbocycles. The van der Waals surface area contributed by atoms with E-state index in [1.165, 1.54) is 5.56 Å². The van der Waals surface area contributed by atoms with E-state index in [1.54, 1.807) is 4.90 Å². The predicted octanol–water partition coefficient (Wildman–Crippen LogP) is 6.68. The molecule has 1 heterocycles. The van der Waals surface area contributed by atoms with Crippen molar-refractivity contribution in [3.05, 3.63) is 131 Å². The third kappa shape index (κ3) is 7.48. The van der Waals surface area contributed by atoms with Gasteiger partial charge in [0.05, 0.1) is 6.42 Å². The van der Waals surface area contributed by atoms with Crippen LogP contribution in [0.1, 0.15) is 35.1 Å². The zero-order valence-electron chi connectivity index (χ0n) is 22.6. The lowest BCUT2D eigenvalue weighted by atomic mass is 10.1. The van der Waals surface area contributed by atoms with Crippen LogP contribution in [-0.2, 0) is 22.4 Å². The van der Waals surface area contributed by atoms with Gasteiger partial charge in [0.15, 0.2) is 0 Å². The Balaban J connectivity index is 1.10. The Morgan fingerprint density at radius 1 is 0.725 bits per heavy atom. The van der Waals surface area contributed by atoms with Crippen LogP contribution < -0.4 is 10.6 Å². The first-order valence-corrected chi connectivity index (χ1v) is 13.9. The van der Waals surface area contributed by atoms with Gasteiger partial charge in [-0.15, -0.1) is 0 Å². The summed E-state index contributed by atoms with van der Waals surface area (Å²) in [7, 11) is 0. The van der Waals surface area contributed by atoms with Crippen molar-refractivity contribution >= 4 is 35.3 Å². The van der Waals surface area contributed by atoms with Crippen molar-refractivity contribution in [2.45, 2.75) is 31.7 Å². The highest BCUT2D eigenvalue weighted by atomic mass is 16.2. The molecule has 5 heteroatoms. The van der Waals surface area contributed by atoms with Crippen LogP contribution in [-0.4, -0.2) is 35.8 Å². The Morgan fingerprint density at radius 3 is 1.93 bits per heavy atom. The zero-order chi connectivity index (χ0) is 27.6. The molecule has 2 amide bonds. The average Bonchev–Trinajstić information content (AvgIpc) is 3.49. The van der Waals surface area contributed by atoms with Crippen LogP contribution in [0.4, 0.5) is 11.4 Å². The molecule has 1 aliphatic heterocycles. The minimum Gasteiger partial charge on any atom is -0.385 e. The first-order chi connectivity index (χ1) is 19.6. The van der Waals surface area contributed by atoms with E-state index in [2.05, 4.69) is 71.3 Å². The molecule has 5 nitrogen and oxygen atoms in total. The van der Waals surface area contributed by atoms with E-state index < -0.39 is 6.04 Å². The van der Waals surface area contributed by atoms with Gasteiger partial charge in [0, 0.05) is 24.5 Å². The van der Waals surface area contributed by atoms with Gasteiger partial charge in [-0.3, -0.25) is 9.59 Å². The normalized spacial score (nSPS) is 14.8. The molecule has 5 rings (SSSR count). The van der Waals surface area contributed by atoms with Crippen LogP contribution in [0.2, 0.25) is 0 Å². The van der Waals surface area contributed by atoms with Crippen molar-refractivity contribution in [2.75, 3.05) is 23.7 Å². The Hall–Kier alpha value is -4.64. The molecule has 1 atom stereocenters. The summed E-state index contributed by atoms with van der Waals surface area (Å²) >= 11 is 0. The second-order valence-corrected chi connectivity index (χ2v) is 10.1. The molecule has 2 N–H and O–H groups in total. The summed E-state index contributed by atoms with van der Waals surface area (Å²) < 4.78 is 0. The molecule has 202 valence electrons. The fourth-order valence-corrected chi connectivity index (χ4v) is 5.01. The van der Waals surface area contributed by atoms with Crippen molar-refractivity contribution in [1.29, 1.82) is 0 Å². The van der Waals surface area contributed by atoms with E-state index in [0.29, 0.717) is 19.4 Å². The van der Waals surface area contributed by atoms with E-state index in [4.69, 9.17) is 0 Å². The van der Waals surface area contributed by atoms with E-state index in [9.17, 15) is 9.59 Å². The van der Waals surface area contributed by atoms with Gasteiger partial charge in [-0.25, -0.2) is 0 Å². The highest BCUT2D eigenvalue weighted by molar-refractivity contribution is 5.97. The Labute approximate surface area is 236 Å². The first-order valence-electron chi connectivity index (χ1n) is 13.9. The van der Waals surface area contributed by atoms with Crippen molar-refractivity contribution in [3.63, 3.8) is 0 Å². The molecule has 0 radical (unpaired) electrons. The van der Waals surface area contributed by atoms with E-state index in [-0.39, 0.29) is 11.8 Å². The highest BCUT2D eigenvalue weighted by Gasteiger charge is 2.33. The highest BCUT2D eigenvalue weighted by Crippen LogP contribution is 2.21. The summed E-state index contributed by atoms with van der Waals surface area (Å²) in [5.74, 6) is -0.125. The smallest absolute Gasteiger partial charge is 0.247 e. The van der Waals surface area contributed by atoms with Crippen LogP contribution in [0.5, 0.6) is 0 Å². The lowest BCUT2D eigenvalue weighted by Crippen LogP contribution is -2.43. The maximum Gasteiger partial charge on any atom is 0.247 e. The molecule has 1 saturated heterocycles. The van der Waals surface area contributed by atoms with E-state index in [0.717, 1.165) is 47.5 Å². The third-order valence-electron chi connectivity index (χ3n) is 7.22. The standard InChI is InChI=1S/C35H35N3O2/c39-34(26-30-10-5-2-6-11-30)38-25-7-12-33(38)35(40)37-32-21-17-29(18-22-32)14-13-28-15-19-31(20-16-28)36-24-23-27-8-3-1-4-9-27/h1-6,8-11,13-22,33,36H,7,12,23-26H2,(H,37,40)/b14-13+/t33-/m0/s1. The van der Waals surface area contributed by atoms with Gasteiger partial charge >= 0.3 is 0 Å². The fraction of sp³-hybridized carbons (Fsp3) is 0.200. The number of anilines is 2. The number of nitrogens with zero attached hydrogens (tertiary/aromatic N) is 1. The summed E-state index contributed by atoms with van der Waals surface area (Å²) in [5, 5.41) is 6.48. The number of carbonyl (C=O) groups is 2. The number of nitrogens with one attached hydrogen (secondary N) is 2. The van der Waals surface area contributed by atoms with Gasteiger partial charge in [-0.2, -0.15) is 0 Å². The molecule has 4 aromatic rings. The van der Waals surface area contributed by atoms with Crippen molar-refractivity contribution in [3.8, 4) is 0 Å². The van der Waals surface area contributed by atoms with Gasteiger partial charge in [0.1, 0.15) is 6.04 Å². The lowest BCUT2D eigenvalue weighted by molar-refractivity contribution is -0.136. The second kappa shape index (κ2) is 13.4. The molecule has 0 aliphatic carbocycles. The second-order valence-electron chi connectivity index (χ2n) is 10.1. The van der Waals surface area contributed by atoms with Gasteiger partial charge in [0.25, 0.3) is 0 Å². The van der Waals surface area contributed by atoms with Crippen molar-refractivity contribution < 1.29 is 9.59 Å². The van der Waals surface area contributed by atoms with Crippen molar-refractivity contribution in [1.82, 2.24) is 4.90 Å². The number of amides is 2. The Kier molecular flexibility index (Phi) is 9.05. The summed E-state index contributed by atoms with van der Waals surface area (Å²) in [6.07, 6.45) is 6.98. The zero-order valence-corrected chi connectivity index (χ0v) is 22.6. The molecule has 0 bridgehead atoms. The molecule has 0 spiro atoms. The topological polar surface area (TPSA) is 61.4 Å². The van der Waals surface area contributed by atoms with Crippen LogP contribution >= 0.6 is 0 Å². The SMILES string of the molecule is O=C(Nc1ccc(/C=C/c2ccc(NCCc3ccccc3)cc2)cc1)[C@@H]1CCCN1C(=O)Cc1ccccc1. The van der Waals surface area contributed by atoms with Crippen LogP contribution in [0, 0.1) is 0 Å². The van der Waals surface area contributed by atoms with E-state index >= 15 is 0 Å². The maximum absolute atomic E-state index is 13.0. The van der Waals surface area contributed by atoms with Crippen LogP contribution in [0.25, 0.3) is 12.2 Å². The van der Waals surface area contributed by atoms with E-state index in [1.807, 2.05) is 60.7 Å². The van der Waals surface area contributed by atoms with Gasteiger partial charge in [0.2, 0.25) is 11.8 Å². The fourth-order valence-electron chi connectivity index (χ4n) is 5.01. The number of hydrogen-bond acceptors (Lipinski definition) is 3. The molecule has 1 aliphatic rings. The molecule has 1 fully saturated rings. The lowest BCUT2D eigenvalue weighted by Gasteiger charge is -2.24. The van der Waals surface area contributed by atoms with Crippen LogP contribution in [0.3, 0.4) is 0 Å². The number of likely N-dealkylation sites (tertiary alicyclic amines) is 1. The summed E-state index contributed by atoms with van der Waals surface area (Å²) in [6.45, 7) is 1.52. The quantitative estimate of drug-likeness (QED) is 0.225.